The number of hydrogen-bond donors (Lipinski definition) is 0. The first-order valence-electron chi connectivity index (χ1n) is 7.50. The highest BCUT2D eigenvalue weighted by Gasteiger charge is 2.26. The number of nitrogens with zero attached hydrogens (tertiary/aromatic N) is 1. The van der Waals surface area contributed by atoms with Crippen LogP contribution in [0, 0.1) is 5.82 Å². The molecular formula is C19H11ClFNO3. The number of carbonyl (C=O) groups excluding carboxylic acids is 1. The minimum atomic E-state index is -0.629. The molecule has 4 rings (SSSR count). The lowest BCUT2D eigenvalue weighted by Gasteiger charge is -2.16. The molecule has 0 N–H and O–H groups in total. The van der Waals surface area contributed by atoms with E-state index in [-0.39, 0.29) is 23.8 Å². The molecule has 4 nitrogen and oxygen atoms in total. The van der Waals surface area contributed by atoms with Gasteiger partial charge in [-0.05, 0) is 48.1 Å². The van der Waals surface area contributed by atoms with E-state index in [2.05, 4.69) is 4.99 Å². The van der Waals surface area contributed by atoms with Crippen molar-refractivity contribution in [3.63, 3.8) is 0 Å². The Bertz CT molecular complexity index is 978. The number of carbonyl (C=O) groups is 1. The average molecular weight is 356 g/mol. The summed E-state index contributed by atoms with van der Waals surface area (Å²) in [6, 6.07) is 11.3. The maximum Gasteiger partial charge on any atom is 0.363 e. The number of aliphatic imine (C=N–C) groups is 1. The molecule has 0 aliphatic carbocycles. The van der Waals surface area contributed by atoms with Gasteiger partial charge in [0, 0.05) is 10.6 Å². The quantitative estimate of drug-likeness (QED) is 0.601. The van der Waals surface area contributed by atoms with Gasteiger partial charge in [-0.15, -0.1) is 0 Å². The van der Waals surface area contributed by atoms with Crippen LogP contribution in [-0.2, 0) is 9.53 Å². The molecular weight excluding hydrogens is 345 g/mol. The normalized spacial score (nSPS) is 17.5. The van der Waals surface area contributed by atoms with E-state index >= 15 is 0 Å². The average Bonchev–Trinajstić information content (AvgIpc) is 2.95. The summed E-state index contributed by atoms with van der Waals surface area (Å²) in [6.07, 6.45) is 3.43. The number of fused-ring (bicyclic) bond motifs is 1. The third-order valence-electron chi connectivity index (χ3n) is 3.75. The standard InChI is InChI=1S/C19H11ClFNO3/c20-13-5-6-17-12(9-13)7-11(10-24-17)8-16-19(23)25-18(22-16)14-3-1-2-4-15(14)21/h1-9H,10H2/b16-8-. The summed E-state index contributed by atoms with van der Waals surface area (Å²) in [5.41, 5.74) is 1.79. The van der Waals surface area contributed by atoms with Crippen LogP contribution in [0.5, 0.6) is 5.75 Å². The van der Waals surface area contributed by atoms with E-state index in [4.69, 9.17) is 21.1 Å². The van der Waals surface area contributed by atoms with Gasteiger partial charge in [-0.3, -0.25) is 0 Å². The van der Waals surface area contributed by atoms with Crippen molar-refractivity contribution in [1.82, 2.24) is 0 Å². The van der Waals surface area contributed by atoms with Crippen LogP contribution >= 0.6 is 11.6 Å². The predicted molar refractivity (Wildman–Crippen MR) is 92.0 cm³/mol. The van der Waals surface area contributed by atoms with Crippen LogP contribution in [0.3, 0.4) is 0 Å². The van der Waals surface area contributed by atoms with Crippen molar-refractivity contribution in [2.24, 2.45) is 4.99 Å². The molecule has 0 unspecified atom stereocenters. The molecule has 2 heterocycles. The van der Waals surface area contributed by atoms with Crippen LogP contribution in [0.1, 0.15) is 11.1 Å². The van der Waals surface area contributed by atoms with E-state index in [1.54, 1.807) is 36.4 Å². The van der Waals surface area contributed by atoms with Gasteiger partial charge < -0.3 is 9.47 Å². The minimum Gasteiger partial charge on any atom is -0.488 e. The Labute approximate surface area is 147 Å². The number of halogens is 2. The molecule has 25 heavy (non-hydrogen) atoms. The molecule has 0 amide bonds. The van der Waals surface area contributed by atoms with E-state index in [1.165, 1.54) is 12.1 Å². The van der Waals surface area contributed by atoms with Crippen LogP contribution in [0.2, 0.25) is 5.02 Å². The van der Waals surface area contributed by atoms with Crippen LogP contribution in [0.25, 0.3) is 6.08 Å². The Balaban J connectivity index is 1.68. The summed E-state index contributed by atoms with van der Waals surface area (Å²) in [5.74, 6) is -0.457. The predicted octanol–water partition coefficient (Wildman–Crippen LogP) is 4.14. The van der Waals surface area contributed by atoms with Crippen molar-refractivity contribution >= 4 is 29.5 Å². The van der Waals surface area contributed by atoms with Crippen molar-refractivity contribution in [3.05, 3.63) is 81.8 Å². The van der Waals surface area contributed by atoms with Gasteiger partial charge in [0.25, 0.3) is 0 Å². The van der Waals surface area contributed by atoms with E-state index < -0.39 is 11.8 Å². The van der Waals surface area contributed by atoms with Crippen molar-refractivity contribution in [3.8, 4) is 5.75 Å². The fourth-order valence-corrected chi connectivity index (χ4v) is 2.76. The van der Waals surface area contributed by atoms with Gasteiger partial charge in [0.15, 0.2) is 5.70 Å². The second-order valence-corrected chi connectivity index (χ2v) is 5.94. The Kier molecular flexibility index (Phi) is 3.86. The lowest BCUT2D eigenvalue weighted by atomic mass is 10.1. The Morgan fingerprint density at radius 2 is 2.04 bits per heavy atom. The molecule has 0 bridgehead atoms. The Morgan fingerprint density at radius 1 is 1.20 bits per heavy atom. The smallest absolute Gasteiger partial charge is 0.363 e. The van der Waals surface area contributed by atoms with E-state index in [9.17, 15) is 9.18 Å². The molecule has 0 spiro atoms. The van der Waals surface area contributed by atoms with Gasteiger partial charge in [0.1, 0.15) is 18.2 Å². The Morgan fingerprint density at radius 3 is 2.88 bits per heavy atom. The first kappa shape index (κ1) is 15.6. The molecule has 2 aliphatic heterocycles. The molecule has 2 aliphatic rings. The van der Waals surface area contributed by atoms with Gasteiger partial charge in [-0.2, -0.15) is 0 Å². The van der Waals surface area contributed by atoms with E-state index in [1.807, 2.05) is 6.08 Å². The first-order valence-corrected chi connectivity index (χ1v) is 7.88. The number of esters is 1. The highest BCUT2D eigenvalue weighted by atomic mass is 35.5. The molecule has 0 saturated heterocycles. The maximum atomic E-state index is 13.8. The Hall–Kier alpha value is -2.92. The molecule has 0 saturated carbocycles. The van der Waals surface area contributed by atoms with Crippen molar-refractivity contribution in [1.29, 1.82) is 0 Å². The molecule has 0 aromatic heterocycles. The molecule has 0 radical (unpaired) electrons. The van der Waals surface area contributed by atoms with Crippen molar-refractivity contribution in [2.45, 2.75) is 0 Å². The fourth-order valence-electron chi connectivity index (χ4n) is 2.58. The van der Waals surface area contributed by atoms with Crippen LogP contribution < -0.4 is 4.74 Å². The third kappa shape index (κ3) is 3.06. The van der Waals surface area contributed by atoms with Crippen LogP contribution in [-0.4, -0.2) is 18.5 Å². The topological polar surface area (TPSA) is 47.9 Å². The number of cyclic esters (lactones) is 1. The van der Waals surface area contributed by atoms with Gasteiger partial charge in [0.05, 0.1) is 5.56 Å². The number of rotatable bonds is 2. The molecule has 6 heteroatoms. The number of hydrogen-bond acceptors (Lipinski definition) is 4. The van der Waals surface area contributed by atoms with Crippen molar-refractivity contribution < 1.29 is 18.7 Å². The molecule has 2 aromatic carbocycles. The highest BCUT2D eigenvalue weighted by Crippen LogP contribution is 2.30. The highest BCUT2D eigenvalue weighted by molar-refractivity contribution is 6.30. The van der Waals surface area contributed by atoms with Gasteiger partial charge in [-0.1, -0.05) is 23.7 Å². The van der Waals surface area contributed by atoms with Gasteiger partial charge in [-0.25, -0.2) is 14.2 Å². The van der Waals surface area contributed by atoms with Crippen molar-refractivity contribution in [2.75, 3.05) is 6.61 Å². The maximum absolute atomic E-state index is 13.8. The zero-order chi connectivity index (χ0) is 17.4. The summed E-state index contributed by atoms with van der Waals surface area (Å²) in [4.78, 5) is 16.1. The van der Waals surface area contributed by atoms with Gasteiger partial charge in [0.2, 0.25) is 5.90 Å². The molecule has 0 atom stereocenters. The second-order valence-electron chi connectivity index (χ2n) is 5.51. The van der Waals surface area contributed by atoms with Gasteiger partial charge >= 0.3 is 5.97 Å². The SMILES string of the molecule is O=C1OC(c2ccccc2F)=N/C1=C\C1=Cc2cc(Cl)ccc2OC1. The lowest BCUT2D eigenvalue weighted by molar-refractivity contribution is -0.130. The largest absolute Gasteiger partial charge is 0.488 e. The number of ether oxygens (including phenoxy) is 2. The monoisotopic (exact) mass is 355 g/mol. The summed E-state index contributed by atoms with van der Waals surface area (Å²) in [7, 11) is 0. The zero-order valence-corrected chi connectivity index (χ0v) is 13.6. The summed E-state index contributed by atoms with van der Waals surface area (Å²) in [6.45, 7) is 0.288. The fraction of sp³-hybridized carbons (Fsp3) is 0.0526. The van der Waals surface area contributed by atoms with Crippen LogP contribution in [0.15, 0.2) is 64.8 Å². The second kappa shape index (κ2) is 6.18. The molecule has 0 fully saturated rings. The summed E-state index contributed by atoms with van der Waals surface area (Å²) in [5, 5.41) is 0.590. The third-order valence-corrected chi connectivity index (χ3v) is 3.99. The number of benzene rings is 2. The summed E-state index contributed by atoms with van der Waals surface area (Å²) >= 11 is 5.99. The summed E-state index contributed by atoms with van der Waals surface area (Å²) < 4.78 is 24.5. The van der Waals surface area contributed by atoms with Crippen LogP contribution in [0.4, 0.5) is 4.39 Å². The lowest BCUT2D eigenvalue weighted by Crippen LogP contribution is -2.08. The molecule has 124 valence electrons. The molecule has 2 aromatic rings. The zero-order valence-electron chi connectivity index (χ0n) is 12.8. The minimum absolute atomic E-state index is 0.0462. The van der Waals surface area contributed by atoms with E-state index in [0.717, 1.165) is 16.9 Å². The first-order chi connectivity index (χ1) is 12.1. The van der Waals surface area contributed by atoms with E-state index in [0.29, 0.717) is 5.02 Å².